The predicted octanol–water partition coefficient (Wildman–Crippen LogP) is 0.667. The standard InChI is InChI=1S/C11H16N2O4S/c1-11(9(15)16)4-2-3-5-13(11)8(14)7-6-18-10(17)12-7/h7H,2-6H2,1H3,(H,12,17)(H,15,16). The number of carboxylic acid groups (broad SMARTS) is 1. The average Bonchev–Trinajstić information content (AvgIpc) is 2.75. The fourth-order valence-corrected chi connectivity index (χ4v) is 3.17. The zero-order valence-electron chi connectivity index (χ0n) is 10.1. The van der Waals surface area contributed by atoms with E-state index in [-0.39, 0.29) is 11.1 Å². The van der Waals surface area contributed by atoms with Crippen molar-refractivity contribution in [3.63, 3.8) is 0 Å². The van der Waals surface area contributed by atoms with Crippen molar-refractivity contribution >= 4 is 28.9 Å². The fourth-order valence-electron chi connectivity index (χ4n) is 2.40. The van der Waals surface area contributed by atoms with Gasteiger partial charge in [-0.15, -0.1) is 0 Å². The Morgan fingerprint density at radius 3 is 2.78 bits per heavy atom. The van der Waals surface area contributed by atoms with Crippen molar-refractivity contribution in [3.8, 4) is 0 Å². The lowest BCUT2D eigenvalue weighted by atomic mass is 9.88. The summed E-state index contributed by atoms with van der Waals surface area (Å²) in [7, 11) is 0. The van der Waals surface area contributed by atoms with Crippen molar-refractivity contribution in [1.29, 1.82) is 0 Å². The van der Waals surface area contributed by atoms with Crippen LogP contribution in [0.4, 0.5) is 4.79 Å². The molecule has 0 aliphatic carbocycles. The Bertz CT molecular complexity index is 401. The molecule has 2 amide bonds. The van der Waals surface area contributed by atoms with Gasteiger partial charge in [-0.3, -0.25) is 9.59 Å². The van der Waals surface area contributed by atoms with E-state index in [0.717, 1.165) is 24.6 Å². The minimum absolute atomic E-state index is 0.220. The Morgan fingerprint density at radius 1 is 1.50 bits per heavy atom. The van der Waals surface area contributed by atoms with Crippen molar-refractivity contribution < 1.29 is 19.5 Å². The van der Waals surface area contributed by atoms with Crippen LogP contribution in [-0.4, -0.2) is 51.0 Å². The third-order valence-electron chi connectivity index (χ3n) is 3.59. The lowest BCUT2D eigenvalue weighted by Crippen LogP contribution is -2.61. The highest BCUT2D eigenvalue weighted by Crippen LogP contribution is 2.30. The number of carbonyl (C=O) groups is 3. The van der Waals surface area contributed by atoms with E-state index >= 15 is 0 Å². The van der Waals surface area contributed by atoms with Gasteiger partial charge in [0, 0.05) is 12.3 Å². The second kappa shape index (κ2) is 4.79. The Labute approximate surface area is 109 Å². The molecule has 2 fully saturated rings. The summed E-state index contributed by atoms with van der Waals surface area (Å²) in [6.07, 6.45) is 2.07. The first-order valence-corrected chi connectivity index (χ1v) is 6.92. The van der Waals surface area contributed by atoms with Gasteiger partial charge in [0.05, 0.1) is 0 Å². The molecule has 0 spiro atoms. The van der Waals surface area contributed by atoms with Crippen LogP contribution in [0.15, 0.2) is 0 Å². The van der Waals surface area contributed by atoms with Crippen molar-refractivity contribution in [2.45, 2.75) is 37.8 Å². The highest BCUT2D eigenvalue weighted by atomic mass is 32.2. The molecule has 6 nitrogen and oxygen atoms in total. The van der Waals surface area contributed by atoms with Crippen LogP contribution in [0.2, 0.25) is 0 Å². The van der Waals surface area contributed by atoms with E-state index in [9.17, 15) is 19.5 Å². The number of thioether (sulfide) groups is 1. The summed E-state index contributed by atoms with van der Waals surface area (Å²) >= 11 is 1.06. The van der Waals surface area contributed by atoms with E-state index in [1.54, 1.807) is 6.92 Å². The van der Waals surface area contributed by atoms with Crippen LogP contribution in [0.5, 0.6) is 0 Å². The van der Waals surface area contributed by atoms with Crippen LogP contribution in [-0.2, 0) is 9.59 Å². The number of amides is 2. The number of hydrogen-bond donors (Lipinski definition) is 2. The van der Waals surface area contributed by atoms with E-state index in [1.165, 1.54) is 4.90 Å². The Balaban J connectivity index is 2.16. The molecule has 0 aromatic heterocycles. The van der Waals surface area contributed by atoms with Gasteiger partial charge in [0.25, 0.3) is 5.24 Å². The summed E-state index contributed by atoms with van der Waals surface area (Å²) in [5.41, 5.74) is -1.15. The van der Waals surface area contributed by atoms with Crippen molar-refractivity contribution in [3.05, 3.63) is 0 Å². The maximum absolute atomic E-state index is 12.3. The second-order valence-electron chi connectivity index (χ2n) is 4.82. The first-order valence-electron chi connectivity index (χ1n) is 5.93. The van der Waals surface area contributed by atoms with Crippen LogP contribution in [0.25, 0.3) is 0 Å². The number of nitrogens with one attached hydrogen (secondary N) is 1. The van der Waals surface area contributed by atoms with Crippen LogP contribution in [0.3, 0.4) is 0 Å². The number of nitrogens with zero attached hydrogens (tertiary/aromatic N) is 1. The van der Waals surface area contributed by atoms with E-state index in [2.05, 4.69) is 5.32 Å². The molecular weight excluding hydrogens is 256 g/mol. The van der Waals surface area contributed by atoms with Crippen LogP contribution in [0, 0.1) is 0 Å². The van der Waals surface area contributed by atoms with Gasteiger partial charge in [0.2, 0.25) is 5.91 Å². The van der Waals surface area contributed by atoms with Gasteiger partial charge in [-0.2, -0.15) is 0 Å². The molecule has 2 heterocycles. The van der Waals surface area contributed by atoms with E-state index in [1.807, 2.05) is 0 Å². The third-order valence-corrected chi connectivity index (χ3v) is 4.47. The van der Waals surface area contributed by atoms with Gasteiger partial charge in [-0.1, -0.05) is 11.8 Å². The summed E-state index contributed by atoms with van der Waals surface area (Å²) in [5, 5.41) is 11.7. The smallest absolute Gasteiger partial charge is 0.329 e. The molecule has 100 valence electrons. The number of hydrogen-bond acceptors (Lipinski definition) is 4. The molecule has 0 saturated carbocycles. The summed E-state index contributed by atoms with van der Waals surface area (Å²) in [4.78, 5) is 36.2. The zero-order valence-corrected chi connectivity index (χ0v) is 11.0. The molecule has 0 radical (unpaired) electrons. The Morgan fingerprint density at radius 2 is 2.22 bits per heavy atom. The van der Waals surface area contributed by atoms with E-state index in [0.29, 0.717) is 18.7 Å². The molecule has 7 heteroatoms. The van der Waals surface area contributed by atoms with Crippen LogP contribution >= 0.6 is 11.8 Å². The second-order valence-corrected chi connectivity index (χ2v) is 5.81. The van der Waals surface area contributed by atoms with Gasteiger partial charge >= 0.3 is 5.97 Å². The van der Waals surface area contributed by atoms with Crippen molar-refractivity contribution in [1.82, 2.24) is 10.2 Å². The quantitative estimate of drug-likeness (QED) is 0.771. The molecule has 0 bridgehead atoms. The SMILES string of the molecule is CC1(C(=O)O)CCCCN1C(=O)C1CSC(=O)N1. The summed E-state index contributed by atoms with van der Waals surface area (Å²) in [6.45, 7) is 2.02. The third kappa shape index (κ3) is 2.19. The fraction of sp³-hybridized carbons (Fsp3) is 0.727. The van der Waals surface area contributed by atoms with Crippen LogP contribution in [0.1, 0.15) is 26.2 Å². The van der Waals surface area contributed by atoms with Gasteiger partial charge in [0.15, 0.2) is 0 Å². The molecule has 0 aromatic rings. The molecule has 18 heavy (non-hydrogen) atoms. The number of piperidine rings is 1. The minimum atomic E-state index is -1.15. The first kappa shape index (κ1) is 13.2. The molecular formula is C11H16N2O4S. The summed E-state index contributed by atoms with van der Waals surface area (Å²) in [5.74, 6) is -0.880. The number of likely N-dealkylation sites (tertiary alicyclic amines) is 1. The first-order chi connectivity index (χ1) is 8.45. The number of rotatable bonds is 2. The highest BCUT2D eigenvalue weighted by Gasteiger charge is 2.46. The van der Waals surface area contributed by atoms with Crippen molar-refractivity contribution in [2.75, 3.05) is 12.3 Å². The molecule has 2 N–H and O–H groups in total. The van der Waals surface area contributed by atoms with E-state index < -0.39 is 17.6 Å². The molecule has 2 aliphatic heterocycles. The molecule has 2 rings (SSSR count). The topological polar surface area (TPSA) is 86.7 Å². The maximum Gasteiger partial charge on any atom is 0.329 e. The maximum atomic E-state index is 12.3. The molecule has 2 atom stereocenters. The Hall–Kier alpha value is -1.24. The molecule has 0 aromatic carbocycles. The summed E-state index contributed by atoms with van der Waals surface area (Å²) < 4.78 is 0. The molecule has 2 saturated heterocycles. The lowest BCUT2D eigenvalue weighted by Gasteiger charge is -2.42. The van der Waals surface area contributed by atoms with Gasteiger partial charge in [-0.05, 0) is 26.2 Å². The van der Waals surface area contributed by atoms with Gasteiger partial charge in [-0.25, -0.2) is 4.79 Å². The van der Waals surface area contributed by atoms with Crippen LogP contribution < -0.4 is 5.32 Å². The number of carboxylic acids is 1. The molecule has 2 unspecified atom stereocenters. The monoisotopic (exact) mass is 272 g/mol. The van der Waals surface area contributed by atoms with Crippen molar-refractivity contribution in [2.24, 2.45) is 0 Å². The lowest BCUT2D eigenvalue weighted by molar-refractivity contribution is -0.161. The number of carbonyl (C=O) groups excluding carboxylic acids is 2. The minimum Gasteiger partial charge on any atom is -0.480 e. The normalized spacial score (nSPS) is 32.2. The largest absolute Gasteiger partial charge is 0.480 e. The zero-order chi connectivity index (χ0) is 13.3. The van der Waals surface area contributed by atoms with Gasteiger partial charge in [0.1, 0.15) is 11.6 Å². The van der Waals surface area contributed by atoms with Gasteiger partial charge < -0.3 is 15.3 Å². The number of aliphatic carboxylic acids is 1. The predicted molar refractivity (Wildman–Crippen MR) is 66.4 cm³/mol. The Kier molecular flexibility index (Phi) is 3.52. The average molecular weight is 272 g/mol. The highest BCUT2D eigenvalue weighted by molar-refractivity contribution is 8.14. The molecule has 2 aliphatic rings. The van der Waals surface area contributed by atoms with E-state index in [4.69, 9.17) is 0 Å². The summed E-state index contributed by atoms with van der Waals surface area (Å²) in [6, 6.07) is -0.584.